The fourth-order valence-corrected chi connectivity index (χ4v) is 4.76. The molecule has 0 bridgehead atoms. The lowest BCUT2D eigenvalue weighted by molar-refractivity contribution is -0.180. The van der Waals surface area contributed by atoms with E-state index in [4.69, 9.17) is 0 Å². The molecule has 4 rings (SSSR count). The Morgan fingerprint density at radius 2 is 1.79 bits per heavy atom. The van der Waals surface area contributed by atoms with E-state index < -0.39 is 21.7 Å². The molecule has 0 radical (unpaired) electrons. The summed E-state index contributed by atoms with van der Waals surface area (Å²) < 4.78 is 68.1. The first-order valence-corrected chi connectivity index (χ1v) is 11.2. The van der Waals surface area contributed by atoms with E-state index >= 15 is 0 Å². The van der Waals surface area contributed by atoms with Crippen LogP contribution in [0.5, 0.6) is 0 Å². The zero-order chi connectivity index (χ0) is 24.2. The molecule has 7 nitrogen and oxygen atoms in total. The summed E-state index contributed by atoms with van der Waals surface area (Å²) in [5, 5.41) is 10.4. The molecular weight excluding hydrogens is 455 g/mol. The standard InChI is InChI=1S/C22H18F3N5O2S/c1-13-27-12-18-17(11-26)19(30(20(18)28-13)15-5-4-6-15)14-7-9-16(10-8-14)33(31,32)29-21(2,3)22(23,24)25/h4-10,12,29H,1-3H3. The predicted molar refractivity (Wildman–Crippen MR) is 116 cm³/mol. The van der Waals surface area contributed by atoms with Crippen LogP contribution in [0.3, 0.4) is 0 Å². The molecule has 0 aliphatic heterocycles. The summed E-state index contributed by atoms with van der Waals surface area (Å²) in [4.78, 5) is 8.31. The van der Waals surface area contributed by atoms with E-state index in [2.05, 4.69) is 16.0 Å². The molecule has 1 aromatic carbocycles. The zero-order valence-corrected chi connectivity index (χ0v) is 18.6. The number of halogens is 3. The molecule has 0 fully saturated rings. The number of allylic oxidation sites excluding steroid dienone is 4. The van der Waals surface area contributed by atoms with Gasteiger partial charge < -0.3 is 0 Å². The minimum atomic E-state index is -4.77. The molecule has 1 aliphatic rings. The van der Waals surface area contributed by atoms with Crippen molar-refractivity contribution in [1.82, 2.24) is 19.3 Å². The number of aromatic nitrogens is 3. The summed E-state index contributed by atoms with van der Waals surface area (Å²) >= 11 is 0. The Hall–Kier alpha value is -3.49. The quantitative estimate of drug-likeness (QED) is 0.595. The Labute approximate surface area is 187 Å². The maximum absolute atomic E-state index is 13.2. The van der Waals surface area contributed by atoms with E-state index in [-0.39, 0.29) is 4.90 Å². The first-order valence-electron chi connectivity index (χ1n) is 9.74. The first-order chi connectivity index (χ1) is 15.4. The van der Waals surface area contributed by atoms with Crippen LogP contribution in [-0.4, -0.2) is 34.7 Å². The van der Waals surface area contributed by atoms with Crippen LogP contribution in [-0.2, 0) is 10.0 Å². The molecule has 1 aliphatic carbocycles. The number of benzene rings is 1. The SMILES string of the molecule is Cc1ncc2c(C#N)c(-c3ccc(S(=O)(=O)NC(C)(C)C(F)(F)F)cc3)n(C3=CC=C3)c2n1. The predicted octanol–water partition coefficient (Wildman–Crippen LogP) is 4.31. The fourth-order valence-electron chi connectivity index (χ4n) is 3.36. The fraction of sp³-hybridized carbons (Fsp3) is 0.227. The van der Waals surface area contributed by atoms with Gasteiger partial charge in [0.05, 0.1) is 21.5 Å². The minimum absolute atomic E-state index is 0.304. The van der Waals surface area contributed by atoms with Crippen molar-refractivity contribution in [2.24, 2.45) is 0 Å². The molecule has 0 unspecified atom stereocenters. The molecule has 3 aromatic rings. The number of rotatable bonds is 5. The van der Waals surface area contributed by atoms with Crippen LogP contribution in [0.4, 0.5) is 13.2 Å². The third-order valence-corrected chi connectivity index (χ3v) is 6.94. The number of hydrogen-bond donors (Lipinski definition) is 1. The van der Waals surface area contributed by atoms with Crippen LogP contribution in [0.25, 0.3) is 28.0 Å². The highest BCUT2D eigenvalue weighted by Gasteiger charge is 2.49. The smallest absolute Gasteiger partial charge is 0.292 e. The zero-order valence-electron chi connectivity index (χ0n) is 17.8. The summed E-state index contributed by atoms with van der Waals surface area (Å²) in [7, 11) is -4.45. The molecule has 0 atom stereocenters. The number of sulfonamides is 1. The third kappa shape index (κ3) is 3.81. The second-order valence-electron chi connectivity index (χ2n) is 8.03. The van der Waals surface area contributed by atoms with Crippen molar-refractivity contribution >= 4 is 26.8 Å². The molecule has 0 saturated carbocycles. The normalized spacial score (nSPS) is 14.2. The van der Waals surface area contributed by atoms with Crippen LogP contribution in [0.15, 0.2) is 53.6 Å². The number of hydrogen-bond acceptors (Lipinski definition) is 5. The van der Waals surface area contributed by atoms with Gasteiger partial charge in [-0.3, -0.25) is 4.57 Å². The lowest BCUT2D eigenvalue weighted by atomic mass is 10.1. The topological polar surface area (TPSA) is 101 Å². The van der Waals surface area contributed by atoms with Crippen molar-refractivity contribution in [3.05, 3.63) is 60.1 Å². The highest BCUT2D eigenvalue weighted by atomic mass is 32.2. The maximum atomic E-state index is 13.2. The van der Waals surface area contributed by atoms with E-state index in [0.29, 0.717) is 33.7 Å². The van der Waals surface area contributed by atoms with Gasteiger partial charge in [0.2, 0.25) is 10.0 Å². The van der Waals surface area contributed by atoms with E-state index in [1.165, 1.54) is 24.3 Å². The molecule has 11 heteroatoms. The average molecular weight is 473 g/mol. The number of nitrogens with zero attached hydrogens (tertiary/aromatic N) is 4. The lowest BCUT2D eigenvalue weighted by Gasteiger charge is -2.28. The van der Waals surface area contributed by atoms with Gasteiger partial charge in [-0.2, -0.15) is 23.2 Å². The van der Waals surface area contributed by atoms with Gasteiger partial charge in [-0.25, -0.2) is 18.4 Å². The molecule has 0 saturated heterocycles. The van der Waals surface area contributed by atoms with Crippen LogP contribution in [0, 0.1) is 18.3 Å². The largest absolute Gasteiger partial charge is 0.407 e. The van der Waals surface area contributed by atoms with Gasteiger partial charge >= 0.3 is 6.18 Å². The van der Waals surface area contributed by atoms with E-state index in [1.54, 1.807) is 22.4 Å². The monoisotopic (exact) mass is 473 g/mol. The number of fused-ring (bicyclic) bond motifs is 1. The Bertz CT molecular complexity index is 1480. The van der Waals surface area contributed by atoms with Gasteiger partial charge in [0.25, 0.3) is 0 Å². The average Bonchev–Trinajstić information content (AvgIpc) is 2.98. The van der Waals surface area contributed by atoms with Gasteiger partial charge in [-0.1, -0.05) is 18.2 Å². The highest BCUT2D eigenvalue weighted by Crippen LogP contribution is 2.37. The van der Waals surface area contributed by atoms with Crippen molar-refractivity contribution in [1.29, 1.82) is 5.26 Å². The van der Waals surface area contributed by atoms with Crippen molar-refractivity contribution < 1.29 is 21.6 Å². The molecule has 0 amide bonds. The van der Waals surface area contributed by atoms with Gasteiger partial charge in [0.1, 0.15) is 23.1 Å². The number of nitriles is 1. The molecule has 0 spiro atoms. The van der Waals surface area contributed by atoms with Crippen LogP contribution in [0.1, 0.15) is 25.2 Å². The van der Waals surface area contributed by atoms with E-state index in [9.17, 15) is 26.9 Å². The van der Waals surface area contributed by atoms with Crippen molar-refractivity contribution in [3.63, 3.8) is 0 Å². The highest BCUT2D eigenvalue weighted by molar-refractivity contribution is 7.89. The number of alkyl halides is 3. The molecule has 2 aromatic heterocycles. The molecule has 170 valence electrons. The van der Waals surface area contributed by atoms with E-state index in [0.717, 1.165) is 19.5 Å². The van der Waals surface area contributed by atoms with Crippen LogP contribution >= 0.6 is 0 Å². The number of nitrogens with one attached hydrogen (secondary N) is 1. The second kappa shape index (κ2) is 7.54. The van der Waals surface area contributed by atoms with Crippen LogP contribution < -0.4 is 4.72 Å². The summed E-state index contributed by atoms with van der Waals surface area (Å²) in [6.07, 6.45) is 2.29. The summed E-state index contributed by atoms with van der Waals surface area (Å²) in [5.41, 5.74) is -0.0641. The Morgan fingerprint density at radius 1 is 1.15 bits per heavy atom. The minimum Gasteiger partial charge on any atom is -0.292 e. The molecule has 33 heavy (non-hydrogen) atoms. The van der Waals surface area contributed by atoms with Crippen molar-refractivity contribution in [2.45, 2.75) is 37.4 Å². The Morgan fingerprint density at radius 3 is 2.30 bits per heavy atom. The molecule has 1 N–H and O–H groups in total. The van der Waals surface area contributed by atoms with E-state index in [1.807, 2.05) is 18.2 Å². The summed E-state index contributed by atoms with van der Waals surface area (Å²) in [6, 6.07) is 7.47. The lowest BCUT2D eigenvalue weighted by Crippen LogP contribution is -2.54. The summed E-state index contributed by atoms with van der Waals surface area (Å²) in [6.45, 7) is 3.22. The maximum Gasteiger partial charge on any atom is 0.407 e. The first kappa shape index (κ1) is 22.7. The Kier molecular flexibility index (Phi) is 5.18. The van der Waals surface area contributed by atoms with Gasteiger partial charge in [-0.15, -0.1) is 0 Å². The van der Waals surface area contributed by atoms with Crippen LogP contribution in [0.2, 0.25) is 0 Å². The summed E-state index contributed by atoms with van der Waals surface area (Å²) in [5.74, 6) is 0.515. The third-order valence-electron chi connectivity index (χ3n) is 5.27. The van der Waals surface area contributed by atoms with Gasteiger partial charge in [0, 0.05) is 17.5 Å². The second-order valence-corrected chi connectivity index (χ2v) is 9.71. The molecular formula is C22H18F3N5O2S. The number of aryl methyl sites for hydroxylation is 1. The molecule has 2 heterocycles. The van der Waals surface area contributed by atoms with Gasteiger partial charge in [0.15, 0.2) is 0 Å². The van der Waals surface area contributed by atoms with Crippen molar-refractivity contribution in [3.8, 4) is 17.3 Å². The Balaban J connectivity index is 1.82. The van der Waals surface area contributed by atoms with Crippen molar-refractivity contribution in [2.75, 3.05) is 0 Å². The van der Waals surface area contributed by atoms with Gasteiger partial charge in [-0.05, 0) is 45.1 Å².